The zero-order valence-corrected chi connectivity index (χ0v) is 17.8. The van der Waals surface area contributed by atoms with E-state index in [9.17, 15) is 14.0 Å². The van der Waals surface area contributed by atoms with Gasteiger partial charge in [0.15, 0.2) is 0 Å². The molecule has 2 aromatic carbocycles. The highest BCUT2D eigenvalue weighted by molar-refractivity contribution is 5.79. The van der Waals surface area contributed by atoms with Gasteiger partial charge in [0.2, 0.25) is 0 Å². The molecule has 7 heteroatoms. The van der Waals surface area contributed by atoms with Crippen LogP contribution in [0.5, 0.6) is 0 Å². The molecular weight excluding hydrogens is 385 g/mol. The van der Waals surface area contributed by atoms with E-state index < -0.39 is 29.1 Å². The van der Waals surface area contributed by atoms with Gasteiger partial charge >= 0.3 is 6.09 Å². The molecular formula is C23H26FN3O3. The van der Waals surface area contributed by atoms with Gasteiger partial charge in [0.1, 0.15) is 22.6 Å². The van der Waals surface area contributed by atoms with Crippen molar-refractivity contribution in [2.24, 2.45) is 5.92 Å². The minimum absolute atomic E-state index is 0.0927. The van der Waals surface area contributed by atoms with E-state index >= 15 is 0 Å². The Balaban J connectivity index is 2.24. The van der Waals surface area contributed by atoms with Crippen LogP contribution in [0, 0.1) is 11.7 Å². The summed E-state index contributed by atoms with van der Waals surface area (Å²) in [6.45, 7) is 9.12. The summed E-state index contributed by atoms with van der Waals surface area (Å²) in [5.74, 6) is -0.446. The Morgan fingerprint density at radius 2 is 1.77 bits per heavy atom. The quantitative estimate of drug-likeness (QED) is 0.673. The molecule has 0 fully saturated rings. The molecule has 1 heterocycles. The minimum Gasteiger partial charge on any atom is -0.444 e. The number of halogens is 1. The molecule has 0 saturated heterocycles. The number of nitrogens with one attached hydrogen (secondary N) is 1. The highest BCUT2D eigenvalue weighted by Gasteiger charge is 2.28. The fourth-order valence-electron chi connectivity index (χ4n) is 3.21. The van der Waals surface area contributed by atoms with Crippen molar-refractivity contribution in [3.63, 3.8) is 0 Å². The van der Waals surface area contributed by atoms with Crippen LogP contribution in [-0.4, -0.2) is 21.2 Å². The third-order valence-corrected chi connectivity index (χ3v) is 4.50. The van der Waals surface area contributed by atoms with E-state index in [-0.39, 0.29) is 16.8 Å². The second-order valence-corrected chi connectivity index (χ2v) is 8.45. The largest absolute Gasteiger partial charge is 0.444 e. The van der Waals surface area contributed by atoms with Crippen LogP contribution in [0.1, 0.15) is 46.5 Å². The highest BCUT2D eigenvalue weighted by atomic mass is 19.1. The summed E-state index contributed by atoms with van der Waals surface area (Å²) in [5.41, 5.74) is -0.438. The number of carbonyl (C=O) groups excluding carboxylic acids is 1. The van der Waals surface area contributed by atoms with Crippen molar-refractivity contribution in [3.8, 4) is 5.69 Å². The zero-order valence-electron chi connectivity index (χ0n) is 17.8. The second kappa shape index (κ2) is 8.26. The first-order valence-electron chi connectivity index (χ1n) is 9.84. The van der Waals surface area contributed by atoms with Crippen molar-refractivity contribution in [2.45, 2.75) is 46.3 Å². The van der Waals surface area contributed by atoms with Crippen molar-refractivity contribution in [1.29, 1.82) is 0 Å². The number of hydrogen-bond donors (Lipinski definition) is 1. The first-order valence-corrected chi connectivity index (χ1v) is 9.84. The number of amides is 1. The van der Waals surface area contributed by atoms with Crippen molar-refractivity contribution < 1.29 is 13.9 Å². The molecule has 0 aliphatic heterocycles. The van der Waals surface area contributed by atoms with Gasteiger partial charge in [-0.05, 0) is 51.0 Å². The lowest BCUT2D eigenvalue weighted by molar-refractivity contribution is 0.0485. The first-order chi connectivity index (χ1) is 14.1. The maximum Gasteiger partial charge on any atom is 0.408 e. The van der Waals surface area contributed by atoms with E-state index in [2.05, 4.69) is 10.3 Å². The summed E-state index contributed by atoms with van der Waals surface area (Å²) in [6.07, 6.45) is -0.616. The Morgan fingerprint density at radius 3 is 2.37 bits per heavy atom. The number of alkyl carbamates (subject to hydrolysis) is 1. The van der Waals surface area contributed by atoms with Crippen LogP contribution >= 0.6 is 0 Å². The molecule has 1 atom stereocenters. The van der Waals surface area contributed by atoms with Gasteiger partial charge in [-0.3, -0.25) is 9.36 Å². The van der Waals surface area contributed by atoms with E-state index in [1.54, 1.807) is 51.1 Å². The van der Waals surface area contributed by atoms with Crippen LogP contribution in [0.2, 0.25) is 0 Å². The number of nitrogens with zero attached hydrogens (tertiary/aromatic N) is 2. The van der Waals surface area contributed by atoms with Crippen LogP contribution < -0.4 is 10.9 Å². The fourth-order valence-corrected chi connectivity index (χ4v) is 3.21. The molecule has 0 saturated carbocycles. The summed E-state index contributed by atoms with van der Waals surface area (Å²) < 4.78 is 21.2. The molecule has 0 unspecified atom stereocenters. The number of benzene rings is 2. The maximum atomic E-state index is 14.5. The van der Waals surface area contributed by atoms with Crippen molar-refractivity contribution in [2.75, 3.05) is 0 Å². The predicted octanol–water partition coefficient (Wildman–Crippen LogP) is 4.75. The Bertz CT molecular complexity index is 1120. The minimum atomic E-state index is -0.676. The molecule has 0 radical (unpaired) electrons. The van der Waals surface area contributed by atoms with Crippen molar-refractivity contribution in [3.05, 3.63) is 70.5 Å². The molecule has 1 N–H and O–H groups in total. The number of rotatable bonds is 4. The monoisotopic (exact) mass is 411 g/mol. The van der Waals surface area contributed by atoms with Crippen LogP contribution in [0.25, 0.3) is 16.6 Å². The fraction of sp³-hybridized carbons (Fsp3) is 0.348. The van der Waals surface area contributed by atoms with E-state index in [4.69, 9.17) is 4.74 Å². The van der Waals surface area contributed by atoms with Gasteiger partial charge in [0, 0.05) is 0 Å². The highest BCUT2D eigenvalue weighted by Crippen LogP contribution is 2.25. The predicted molar refractivity (Wildman–Crippen MR) is 114 cm³/mol. The van der Waals surface area contributed by atoms with Gasteiger partial charge in [0.25, 0.3) is 5.56 Å². The SMILES string of the molecule is CC(C)[C@@H](NC(=O)OC(C)(C)C)c1nc2cccc(F)c2c(=O)n1-c1ccccc1. The number of hydrogen-bond acceptors (Lipinski definition) is 4. The smallest absolute Gasteiger partial charge is 0.408 e. The normalized spacial score (nSPS) is 12.8. The van der Waals surface area contributed by atoms with Gasteiger partial charge in [-0.25, -0.2) is 14.2 Å². The number of fused-ring (bicyclic) bond motifs is 1. The standard InChI is InChI=1S/C23H26FN3O3/c1-14(2)19(26-22(29)30-23(3,4)5)20-25-17-13-9-12-16(24)18(17)21(28)27(20)15-10-7-6-8-11-15/h6-14,19H,1-5H3,(H,26,29)/t19-/m1/s1. The number of ether oxygens (including phenoxy) is 1. The zero-order chi connectivity index (χ0) is 22.1. The van der Waals surface area contributed by atoms with E-state index in [1.807, 2.05) is 19.9 Å². The Hall–Kier alpha value is -3.22. The molecule has 0 aliphatic carbocycles. The van der Waals surface area contributed by atoms with Crippen LogP contribution in [0.15, 0.2) is 53.3 Å². The average Bonchev–Trinajstić information content (AvgIpc) is 2.65. The number of para-hydroxylation sites is 1. The average molecular weight is 411 g/mol. The van der Waals surface area contributed by atoms with Gasteiger partial charge in [0.05, 0.1) is 17.2 Å². The lowest BCUT2D eigenvalue weighted by Crippen LogP contribution is -2.40. The lowest BCUT2D eigenvalue weighted by Gasteiger charge is -2.27. The Kier molecular flexibility index (Phi) is 5.92. The van der Waals surface area contributed by atoms with Gasteiger partial charge in [-0.1, -0.05) is 38.1 Å². The van der Waals surface area contributed by atoms with Crippen LogP contribution in [-0.2, 0) is 4.74 Å². The topological polar surface area (TPSA) is 73.2 Å². The first kappa shape index (κ1) is 21.5. The molecule has 30 heavy (non-hydrogen) atoms. The van der Waals surface area contributed by atoms with E-state index in [0.717, 1.165) is 0 Å². The second-order valence-electron chi connectivity index (χ2n) is 8.45. The van der Waals surface area contributed by atoms with Crippen LogP contribution in [0.3, 0.4) is 0 Å². The molecule has 0 aliphatic rings. The summed E-state index contributed by atoms with van der Waals surface area (Å²) in [5, 5.41) is 2.74. The number of carbonyl (C=O) groups is 1. The van der Waals surface area contributed by atoms with Gasteiger partial charge < -0.3 is 10.1 Å². The molecule has 0 bridgehead atoms. The van der Waals surface area contributed by atoms with Crippen molar-refractivity contribution in [1.82, 2.24) is 14.9 Å². The van der Waals surface area contributed by atoms with Crippen molar-refractivity contribution >= 4 is 17.0 Å². The third-order valence-electron chi connectivity index (χ3n) is 4.50. The Morgan fingerprint density at radius 1 is 1.10 bits per heavy atom. The summed E-state index contributed by atoms with van der Waals surface area (Å²) in [4.78, 5) is 30.4. The molecule has 1 amide bonds. The van der Waals surface area contributed by atoms with E-state index in [1.165, 1.54) is 16.7 Å². The Labute approximate surface area is 174 Å². The van der Waals surface area contributed by atoms with E-state index in [0.29, 0.717) is 11.5 Å². The molecule has 158 valence electrons. The molecule has 0 spiro atoms. The maximum absolute atomic E-state index is 14.5. The molecule has 1 aromatic heterocycles. The third kappa shape index (κ3) is 4.50. The molecule has 6 nitrogen and oxygen atoms in total. The van der Waals surface area contributed by atoms with Gasteiger partial charge in [-0.2, -0.15) is 0 Å². The summed E-state index contributed by atoms with van der Waals surface area (Å²) in [6, 6.07) is 12.6. The molecule has 3 rings (SSSR count). The van der Waals surface area contributed by atoms with Crippen LogP contribution in [0.4, 0.5) is 9.18 Å². The molecule has 3 aromatic rings. The lowest BCUT2D eigenvalue weighted by atomic mass is 10.0. The van der Waals surface area contributed by atoms with Gasteiger partial charge in [-0.15, -0.1) is 0 Å². The number of aromatic nitrogens is 2. The summed E-state index contributed by atoms with van der Waals surface area (Å²) >= 11 is 0. The summed E-state index contributed by atoms with van der Waals surface area (Å²) in [7, 11) is 0.